The standard InChI is InChI=1S/C18H13FN4O2/c1-9-4-11(19)5-13-16(9)20-8-14(17(13)24)18(25)22-12-3-2-10-7-21-23-15(10)6-12/h2-8H,1H3,(H,20,24)(H,21,23)(H,22,25). The molecular weight excluding hydrogens is 323 g/mol. The number of hydrogen-bond acceptors (Lipinski definition) is 3. The van der Waals surface area contributed by atoms with E-state index in [-0.39, 0.29) is 10.9 Å². The fraction of sp³-hybridized carbons (Fsp3) is 0.0556. The minimum Gasteiger partial charge on any atom is -0.360 e. The van der Waals surface area contributed by atoms with Gasteiger partial charge in [-0.2, -0.15) is 5.10 Å². The van der Waals surface area contributed by atoms with Gasteiger partial charge in [-0.15, -0.1) is 0 Å². The summed E-state index contributed by atoms with van der Waals surface area (Å²) in [6, 6.07) is 7.71. The van der Waals surface area contributed by atoms with Gasteiger partial charge in [0.15, 0.2) is 0 Å². The number of anilines is 1. The van der Waals surface area contributed by atoms with E-state index in [4.69, 9.17) is 0 Å². The van der Waals surface area contributed by atoms with E-state index in [1.165, 1.54) is 12.3 Å². The van der Waals surface area contributed by atoms with Crippen LogP contribution in [0.4, 0.5) is 10.1 Å². The molecule has 0 fully saturated rings. The summed E-state index contributed by atoms with van der Waals surface area (Å²) in [4.78, 5) is 27.9. The van der Waals surface area contributed by atoms with Crippen molar-refractivity contribution in [1.29, 1.82) is 0 Å². The number of aromatic nitrogens is 3. The molecule has 0 unspecified atom stereocenters. The zero-order valence-electron chi connectivity index (χ0n) is 13.2. The SMILES string of the molecule is Cc1cc(F)cc2c(=O)c(C(=O)Nc3ccc4cn[nH]c4c3)c[nH]c12. The van der Waals surface area contributed by atoms with Crippen molar-refractivity contribution < 1.29 is 9.18 Å². The highest BCUT2D eigenvalue weighted by atomic mass is 19.1. The molecule has 25 heavy (non-hydrogen) atoms. The van der Waals surface area contributed by atoms with E-state index < -0.39 is 17.2 Å². The first kappa shape index (κ1) is 15.1. The van der Waals surface area contributed by atoms with Gasteiger partial charge in [0.1, 0.15) is 11.4 Å². The first-order valence-corrected chi connectivity index (χ1v) is 7.59. The Morgan fingerprint density at radius 2 is 2.08 bits per heavy atom. The van der Waals surface area contributed by atoms with Crippen molar-refractivity contribution in [2.24, 2.45) is 0 Å². The molecule has 1 amide bonds. The van der Waals surface area contributed by atoms with Gasteiger partial charge in [0.05, 0.1) is 17.2 Å². The quantitative estimate of drug-likeness (QED) is 0.525. The van der Waals surface area contributed by atoms with E-state index in [9.17, 15) is 14.0 Å². The van der Waals surface area contributed by atoms with Crippen molar-refractivity contribution >= 4 is 33.4 Å². The number of pyridine rings is 1. The number of carbonyl (C=O) groups is 1. The number of halogens is 1. The Morgan fingerprint density at radius 3 is 2.92 bits per heavy atom. The summed E-state index contributed by atoms with van der Waals surface area (Å²) in [7, 11) is 0. The van der Waals surface area contributed by atoms with Crippen molar-refractivity contribution in [3.05, 3.63) is 69.9 Å². The molecule has 0 atom stereocenters. The number of fused-ring (bicyclic) bond motifs is 2. The van der Waals surface area contributed by atoms with Gasteiger partial charge in [-0.3, -0.25) is 14.7 Å². The van der Waals surface area contributed by atoms with E-state index in [1.807, 2.05) is 0 Å². The van der Waals surface area contributed by atoms with E-state index in [0.717, 1.165) is 17.0 Å². The van der Waals surface area contributed by atoms with Crippen molar-refractivity contribution in [3.63, 3.8) is 0 Å². The molecule has 2 aromatic carbocycles. The summed E-state index contributed by atoms with van der Waals surface area (Å²) in [5.74, 6) is -1.08. The lowest BCUT2D eigenvalue weighted by atomic mass is 10.1. The third-order valence-corrected chi connectivity index (χ3v) is 4.09. The number of nitrogens with zero attached hydrogens (tertiary/aromatic N) is 1. The van der Waals surface area contributed by atoms with Crippen molar-refractivity contribution in [2.45, 2.75) is 6.92 Å². The second-order valence-corrected chi connectivity index (χ2v) is 5.80. The zero-order valence-corrected chi connectivity index (χ0v) is 13.2. The van der Waals surface area contributed by atoms with E-state index in [2.05, 4.69) is 20.5 Å². The Kier molecular flexibility index (Phi) is 3.35. The first-order chi connectivity index (χ1) is 12.0. The molecule has 2 aromatic heterocycles. The van der Waals surface area contributed by atoms with Crippen molar-refractivity contribution in [2.75, 3.05) is 5.32 Å². The fourth-order valence-corrected chi connectivity index (χ4v) is 2.85. The number of amides is 1. The largest absolute Gasteiger partial charge is 0.360 e. The highest BCUT2D eigenvalue weighted by Gasteiger charge is 2.15. The maximum absolute atomic E-state index is 13.6. The second kappa shape index (κ2) is 5.55. The number of benzene rings is 2. The van der Waals surface area contributed by atoms with Crippen LogP contribution < -0.4 is 10.7 Å². The molecule has 0 saturated heterocycles. The van der Waals surface area contributed by atoms with Crippen LogP contribution in [0.2, 0.25) is 0 Å². The molecule has 4 aromatic rings. The topological polar surface area (TPSA) is 90.6 Å². The number of nitrogens with one attached hydrogen (secondary N) is 3. The van der Waals surface area contributed by atoms with Gasteiger partial charge in [0, 0.05) is 22.7 Å². The second-order valence-electron chi connectivity index (χ2n) is 5.80. The molecule has 0 aliphatic heterocycles. The average Bonchev–Trinajstić information content (AvgIpc) is 3.03. The van der Waals surface area contributed by atoms with Gasteiger partial charge >= 0.3 is 0 Å². The number of aryl methyl sites for hydroxylation is 1. The summed E-state index contributed by atoms with van der Waals surface area (Å²) in [6.07, 6.45) is 3.02. The molecule has 0 bridgehead atoms. The van der Waals surface area contributed by atoms with Crippen LogP contribution >= 0.6 is 0 Å². The Bertz CT molecular complexity index is 1190. The Morgan fingerprint density at radius 1 is 1.24 bits per heavy atom. The lowest BCUT2D eigenvalue weighted by Gasteiger charge is -2.07. The predicted molar refractivity (Wildman–Crippen MR) is 93.3 cm³/mol. The van der Waals surface area contributed by atoms with Crippen LogP contribution in [0.15, 0.2) is 47.5 Å². The Hall–Kier alpha value is -3.48. The van der Waals surface area contributed by atoms with E-state index in [1.54, 1.807) is 31.3 Å². The number of aromatic amines is 2. The molecular formula is C18H13FN4O2. The molecule has 3 N–H and O–H groups in total. The number of carbonyl (C=O) groups excluding carboxylic acids is 1. The summed E-state index contributed by atoms with van der Waals surface area (Å²) in [5, 5.41) is 10.5. The predicted octanol–water partition coefficient (Wildman–Crippen LogP) is 3.10. The monoisotopic (exact) mass is 336 g/mol. The van der Waals surface area contributed by atoms with Crippen molar-refractivity contribution in [3.8, 4) is 0 Å². The molecule has 4 rings (SSSR count). The third-order valence-electron chi connectivity index (χ3n) is 4.09. The van der Waals surface area contributed by atoms with Gasteiger partial charge in [0.25, 0.3) is 5.91 Å². The summed E-state index contributed by atoms with van der Waals surface area (Å²) in [6.45, 7) is 1.70. The first-order valence-electron chi connectivity index (χ1n) is 7.59. The lowest BCUT2D eigenvalue weighted by Crippen LogP contribution is -2.22. The molecule has 0 spiro atoms. The van der Waals surface area contributed by atoms with Gasteiger partial charge in [0.2, 0.25) is 5.43 Å². The highest BCUT2D eigenvalue weighted by molar-refractivity contribution is 6.06. The molecule has 0 radical (unpaired) electrons. The lowest BCUT2D eigenvalue weighted by molar-refractivity contribution is 0.102. The van der Waals surface area contributed by atoms with Crippen LogP contribution in [0, 0.1) is 12.7 Å². The number of H-pyrrole nitrogens is 2. The van der Waals surface area contributed by atoms with Crippen LogP contribution in [0.5, 0.6) is 0 Å². The van der Waals surface area contributed by atoms with Crippen LogP contribution in [0.1, 0.15) is 15.9 Å². The smallest absolute Gasteiger partial charge is 0.261 e. The average molecular weight is 336 g/mol. The van der Waals surface area contributed by atoms with Gasteiger partial charge in [-0.25, -0.2) is 4.39 Å². The molecule has 2 heterocycles. The molecule has 124 valence electrons. The molecule has 7 heteroatoms. The summed E-state index contributed by atoms with van der Waals surface area (Å²) >= 11 is 0. The molecule has 0 saturated carbocycles. The summed E-state index contributed by atoms with van der Waals surface area (Å²) in [5.41, 5.74) is 1.81. The molecule has 6 nitrogen and oxygen atoms in total. The van der Waals surface area contributed by atoms with Crippen LogP contribution in [0.3, 0.4) is 0 Å². The minimum atomic E-state index is -0.566. The normalized spacial score (nSPS) is 11.1. The fourth-order valence-electron chi connectivity index (χ4n) is 2.85. The third kappa shape index (κ3) is 2.55. The Labute approximate surface area is 140 Å². The van der Waals surface area contributed by atoms with Gasteiger partial charge in [-0.1, -0.05) is 0 Å². The number of hydrogen-bond donors (Lipinski definition) is 3. The van der Waals surface area contributed by atoms with Crippen LogP contribution in [-0.4, -0.2) is 21.1 Å². The van der Waals surface area contributed by atoms with E-state index >= 15 is 0 Å². The maximum atomic E-state index is 13.6. The van der Waals surface area contributed by atoms with Crippen molar-refractivity contribution in [1.82, 2.24) is 15.2 Å². The minimum absolute atomic E-state index is 0.0813. The molecule has 0 aliphatic carbocycles. The zero-order chi connectivity index (χ0) is 17.6. The van der Waals surface area contributed by atoms with Crippen LogP contribution in [0.25, 0.3) is 21.8 Å². The van der Waals surface area contributed by atoms with Crippen LogP contribution in [-0.2, 0) is 0 Å². The van der Waals surface area contributed by atoms with Gasteiger partial charge < -0.3 is 10.3 Å². The molecule has 0 aliphatic rings. The van der Waals surface area contributed by atoms with Gasteiger partial charge in [-0.05, 0) is 42.8 Å². The highest BCUT2D eigenvalue weighted by Crippen LogP contribution is 2.18. The van der Waals surface area contributed by atoms with E-state index in [0.29, 0.717) is 16.8 Å². The maximum Gasteiger partial charge on any atom is 0.261 e. The Balaban J connectivity index is 1.74. The number of rotatable bonds is 2. The summed E-state index contributed by atoms with van der Waals surface area (Å²) < 4.78 is 13.6.